The number of nitrogens with one attached hydrogen (secondary N) is 1. The number of alkyl halides is 3. The third-order valence-electron chi connectivity index (χ3n) is 1.75. The van der Waals surface area contributed by atoms with Gasteiger partial charge in [-0.1, -0.05) is 6.07 Å². The molecule has 2 heterocycles. The summed E-state index contributed by atoms with van der Waals surface area (Å²) in [7, 11) is 0. The fraction of sp³-hybridized carbons (Fsp3) is 0.125. The van der Waals surface area contributed by atoms with Gasteiger partial charge in [-0.05, 0) is 23.7 Å². The molecule has 0 atom stereocenters. The summed E-state index contributed by atoms with van der Waals surface area (Å²) < 4.78 is 37.9. The summed E-state index contributed by atoms with van der Waals surface area (Å²) in [5.74, 6) is -1.17. The minimum Gasteiger partial charge on any atom is -0.250 e. The zero-order valence-electron chi connectivity index (χ0n) is 8.10. The molecule has 2 aromatic rings. The van der Waals surface area contributed by atoms with Gasteiger partial charge in [0.1, 0.15) is 0 Å². The molecule has 0 aromatic carbocycles. The molecule has 0 aliphatic rings. The van der Waals surface area contributed by atoms with Crippen molar-refractivity contribution in [2.45, 2.75) is 6.18 Å². The summed E-state index contributed by atoms with van der Waals surface area (Å²) in [4.78, 5) is 0.723. The number of nitrogens with zero attached hydrogens (tertiary/aromatic N) is 3. The SMILES string of the molecule is FC(F)(F)c1n[nH]c(=S)n1/N=C/c1cccs1. The minimum absolute atomic E-state index is 0.204. The Hall–Kier alpha value is -1.48. The highest BCUT2D eigenvalue weighted by atomic mass is 32.1. The maximum absolute atomic E-state index is 12.5. The van der Waals surface area contributed by atoms with E-state index in [4.69, 9.17) is 0 Å². The van der Waals surface area contributed by atoms with Crippen LogP contribution in [-0.2, 0) is 6.18 Å². The Balaban J connectivity index is 2.39. The molecule has 0 fully saturated rings. The summed E-state index contributed by atoms with van der Waals surface area (Å²) in [6.45, 7) is 0. The lowest BCUT2D eigenvalue weighted by molar-refractivity contribution is -0.147. The van der Waals surface area contributed by atoms with E-state index in [-0.39, 0.29) is 4.77 Å². The average molecular weight is 278 g/mol. The lowest BCUT2D eigenvalue weighted by atomic mass is 10.5. The van der Waals surface area contributed by atoms with E-state index < -0.39 is 12.0 Å². The van der Waals surface area contributed by atoms with Crippen LogP contribution in [0.5, 0.6) is 0 Å². The van der Waals surface area contributed by atoms with Crippen LogP contribution in [0.2, 0.25) is 0 Å². The predicted octanol–water partition coefficient (Wildman–Crippen LogP) is 2.90. The van der Waals surface area contributed by atoms with Gasteiger partial charge in [0.25, 0.3) is 5.82 Å². The minimum atomic E-state index is -4.60. The second-order valence-corrected chi connectivity index (χ2v) is 4.29. The van der Waals surface area contributed by atoms with Gasteiger partial charge >= 0.3 is 6.18 Å². The number of H-pyrrole nitrogens is 1. The van der Waals surface area contributed by atoms with Gasteiger partial charge in [-0.3, -0.25) is 0 Å². The molecular weight excluding hydrogens is 273 g/mol. The molecule has 2 aromatic heterocycles. The van der Waals surface area contributed by atoms with Gasteiger partial charge < -0.3 is 0 Å². The van der Waals surface area contributed by atoms with Crippen LogP contribution in [0, 0.1) is 4.77 Å². The van der Waals surface area contributed by atoms with Gasteiger partial charge in [0, 0.05) is 4.88 Å². The molecule has 90 valence electrons. The van der Waals surface area contributed by atoms with Gasteiger partial charge in [-0.15, -0.1) is 16.4 Å². The molecule has 0 unspecified atom stereocenters. The molecule has 0 aliphatic carbocycles. The molecule has 4 nitrogen and oxygen atoms in total. The Bertz CT molecular complexity index is 579. The van der Waals surface area contributed by atoms with Crippen molar-refractivity contribution in [1.29, 1.82) is 0 Å². The van der Waals surface area contributed by atoms with Crippen LogP contribution >= 0.6 is 23.6 Å². The Labute approximate surface area is 102 Å². The summed E-state index contributed by atoms with van der Waals surface area (Å²) in [6.07, 6.45) is -3.30. The van der Waals surface area contributed by atoms with E-state index in [1.54, 1.807) is 17.5 Å². The van der Waals surface area contributed by atoms with Crippen molar-refractivity contribution >= 4 is 29.8 Å². The summed E-state index contributed by atoms with van der Waals surface area (Å²) in [5, 5.41) is 10.6. The van der Waals surface area contributed by atoms with E-state index in [1.807, 2.05) is 0 Å². The first-order chi connectivity index (χ1) is 7.98. The number of aromatic nitrogens is 3. The van der Waals surface area contributed by atoms with Crippen molar-refractivity contribution < 1.29 is 13.2 Å². The van der Waals surface area contributed by atoms with Crippen molar-refractivity contribution in [1.82, 2.24) is 14.9 Å². The molecule has 1 N–H and O–H groups in total. The van der Waals surface area contributed by atoms with Gasteiger partial charge in [0.15, 0.2) is 0 Å². The number of rotatable bonds is 2. The zero-order valence-corrected chi connectivity index (χ0v) is 9.73. The maximum Gasteiger partial charge on any atom is 0.453 e. The van der Waals surface area contributed by atoms with Crippen molar-refractivity contribution in [3.8, 4) is 0 Å². The summed E-state index contributed by atoms with van der Waals surface area (Å²) >= 11 is 6.03. The first kappa shape index (κ1) is 12.0. The summed E-state index contributed by atoms with van der Waals surface area (Å²) in [5.41, 5.74) is 0. The molecule has 17 heavy (non-hydrogen) atoms. The quantitative estimate of drug-likeness (QED) is 0.678. The summed E-state index contributed by atoms with van der Waals surface area (Å²) in [6, 6.07) is 3.50. The van der Waals surface area contributed by atoms with E-state index in [9.17, 15) is 13.2 Å². The molecule has 0 saturated carbocycles. The van der Waals surface area contributed by atoms with Crippen molar-refractivity contribution in [2.75, 3.05) is 0 Å². The maximum atomic E-state index is 12.5. The first-order valence-electron chi connectivity index (χ1n) is 4.31. The molecule has 0 spiro atoms. The Morgan fingerprint density at radius 2 is 2.29 bits per heavy atom. The van der Waals surface area contributed by atoms with Gasteiger partial charge in [-0.2, -0.15) is 22.9 Å². The third-order valence-corrected chi connectivity index (χ3v) is 2.82. The number of aromatic amines is 1. The van der Waals surface area contributed by atoms with E-state index in [0.29, 0.717) is 4.68 Å². The highest BCUT2D eigenvalue weighted by Gasteiger charge is 2.37. The van der Waals surface area contributed by atoms with Crippen molar-refractivity contribution in [3.63, 3.8) is 0 Å². The topological polar surface area (TPSA) is 46.0 Å². The molecule has 0 aliphatic heterocycles. The van der Waals surface area contributed by atoms with Gasteiger partial charge in [0.05, 0.1) is 6.21 Å². The smallest absolute Gasteiger partial charge is 0.250 e. The fourth-order valence-corrected chi connectivity index (χ4v) is 1.82. The largest absolute Gasteiger partial charge is 0.453 e. The van der Waals surface area contributed by atoms with Crippen LogP contribution < -0.4 is 0 Å². The Morgan fingerprint density at radius 3 is 2.88 bits per heavy atom. The molecule has 9 heteroatoms. The van der Waals surface area contributed by atoms with Crippen LogP contribution in [0.15, 0.2) is 22.6 Å². The lowest BCUT2D eigenvalue weighted by Crippen LogP contribution is -2.12. The zero-order chi connectivity index (χ0) is 12.5. The predicted molar refractivity (Wildman–Crippen MR) is 59.7 cm³/mol. The molecule has 2 rings (SSSR count). The van der Waals surface area contributed by atoms with Crippen LogP contribution in [0.25, 0.3) is 0 Å². The fourth-order valence-electron chi connectivity index (χ4n) is 1.06. The standard InChI is InChI=1S/C8H5F3N4S2/c9-8(10,11)6-13-14-7(16)15(6)12-4-5-2-1-3-17-5/h1-4H,(H,14,16)/b12-4+. The van der Waals surface area contributed by atoms with E-state index in [0.717, 1.165) is 4.88 Å². The molecular formula is C8H5F3N4S2. The Kier molecular flexibility index (Phi) is 3.11. The van der Waals surface area contributed by atoms with Gasteiger partial charge in [0.2, 0.25) is 4.77 Å². The number of thiophene rings is 1. The van der Waals surface area contributed by atoms with Crippen molar-refractivity contribution in [2.24, 2.45) is 5.10 Å². The highest BCUT2D eigenvalue weighted by molar-refractivity contribution is 7.71. The van der Waals surface area contributed by atoms with Crippen molar-refractivity contribution in [3.05, 3.63) is 33.0 Å². The third kappa shape index (κ3) is 2.61. The first-order valence-corrected chi connectivity index (χ1v) is 5.60. The van der Waals surface area contributed by atoms with Gasteiger partial charge in [-0.25, -0.2) is 5.10 Å². The van der Waals surface area contributed by atoms with Crippen LogP contribution in [0.4, 0.5) is 13.2 Å². The number of hydrogen-bond acceptors (Lipinski definition) is 4. The second kappa shape index (κ2) is 4.41. The van der Waals surface area contributed by atoms with Crippen LogP contribution in [-0.4, -0.2) is 21.1 Å². The lowest BCUT2D eigenvalue weighted by Gasteiger charge is -2.03. The number of hydrogen-bond donors (Lipinski definition) is 1. The van der Waals surface area contributed by atoms with E-state index >= 15 is 0 Å². The van der Waals surface area contributed by atoms with E-state index in [2.05, 4.69) is 27.5 Å². The molecule has 0 saturated heterocycles. The van der Waals surface area contributed by atoms with Crippen LogP contribution in [0.3, 0.4) is 0 Å². The monoisotopic (exact) mass is 278 g/mol. The number of halogens is 3. The molecule has 0 bridgehead atoms. The Morgan fingerprint density at radius 1 is 1.53 bits per heavy atom. The van der Waals surface area contributed by atoms with E-state index in [1.165, 1.54) is 17.6 Å². The molecule has 0 amide bonds. The van der Waals surface area contributed by atoms with Crippen LogP contribution in [0.1, 0.15) is 10.7 Å². The highest BCUT2D eigenvalue weighted by Crippen LogP contribution is 2.27. The molecule has 0 radical (unpaired) electrons. The second-order valence-electron chi connectivity index (χ2n) is 2.92. The normalized spacial score (nSPS) is 12.4. The average Bonchev–Trinajstić information content (AvgIpc) is 2.83.